The molecule has 1 heterocycles. The Balaban J connectivity index is 1.67. The second kappa shape index (κ2) is 6.32. The number of carbonyl (C=O) groups excluding carboxylic acids is 1. The second-order valence-corrected chi connectivity index (χ2v) is 4.75. The molecule has 22 heavy (non-hydrogen) atoms. The van der Waals surface area contributed by atoms with Crippen LogP contribution in [0.5, 0.6) is 11.5 Å². The molecular formula is C17H15NO4. The molecule has 2 aromatic rings. The van der Waals surface area contributed by atoms with Crippen molar-refractivity contribution in [1.82, 2.24) is 5.48 Å². The van der Waals surface area contributed by atoms with Crippen LogP contribution in [0.2, 0.25) is 0 Å². The second-order valence-electron chi connectivity index (χ2n) is 4.75. The van der Waals surface area contributed by atoms with Crippen LogP contribution in [0, 0.1) is 0 Å². The minimum Gasteiger partial charge on any atom is -0.457 e. The van der Waals surface area contributed by atoms with Gasteiger partial charge in [-0.15, -0.1) is 0 Å². The molecule has 5 heteroatoms. The van der Waals surface area contributed by atoms with Crippen LogP contribution in [0.4, 0.5) is 0 Å². The van der Waals surface area contributed by atoms with E-state index in [9.17, 15) is 4.79 Å². The summed E-state index contributed by atoms with van der Waals surface area (Å²) >= 11 is 0. The lowest BCUT2D eigenvalue weighted by Gasteiger charge is -2.09. The van der Waals surface area contributed by atoms with E-state index in [-0.39, 0.29) is 6.10 Å². The van der Waals surface area contributed by atoms with E-state index in [2.05, 4.69) is 5.48 Å². The normalized spacial score (nSPS) is 16.6. The highest BCUT2D eigenvalue weighted by Gasteiger charge is 2.20. The molecule has 5 nitrogen and oxygen atoms in total. The first-order valence-electron chi connectivity index (χ1n) is 6.85. The van der Waals surface area contributed by atoms with Crippen LogP contribution in [0.25, 0.3) is 0 Å². The zero-order valence-electron chi connectivity index (χ0n) is 12.0. The van der Waals surface area contributed by atoms with Crippen molar-refractivity contribution in [2.45, 2.75) is 13.0 Å². The average molecular weight is 297 g/mol. The maximum atomic E-state index is 10.9. The molecule has 1 aliphatic rings. The molecule has 0 aliphatic carbocycles. The minimum atomic E-state index is -0.394. The summed E-state index contributed by atoms with van der Waals surface area (Å²) in [6, 6.07) is 17.1. The number of hydroxylamine groups is 1. The van der Waals surface area contributed by atoms with Gasteiger partial charge < -0.3 is 9.47 Å². The lowest BCUT2D eigenvalue weighted by atomic mass is 10.1. The zero-order chi connectivity index (χ0) is 15.4. The third kappa shape index (κ3) is 3.45. The standard InChI is InChI=1S/C17H15NO4/c1-12(19)20-17-11-16(22-18-17)13-7-9-15(10-8-13)21-14-5-3-2-4-6-14/h2-11,16,18H,1H3/t16-/m0/s1. The van der Waals surface area contributed by atoms with Gasteiger partial charge in [0.15, 0.2) is 0 Å². The maximum Gasteiger partial charge on any atom is 0.309 e. The summed E-state index contributed by atoms with van der Waals surface area (Å²) in [5, 5.41) is 0. The largest absolute Gasteiger partial charge is 0.457 e. The summed E-state index contributed by atoms with van der Waals surface area (Å²) < 4.78 is 10.7. The van der Waals surface area contributed by atoms with Gasteiger partial charge in [-0.05, 0) is 29.8 Å². The molecule has 0 unspecified atom stereocenters. The molecule has 0 saturated carbocycles. The van der Waals surface area contributed by atoms with Crippen LogP contribution in [0.15, 0.2) is 66.6 Å². The Morgan fingerprint density at radius 1 is 1.05 bits per heavy atom. The van der Waals surface area contributed by atoms with E-state index in [0.717, 1.165) is 17.1 Å². The molecule has 1 N–H and O–H groups in total. The molecule has 0 amide bonds. The van der Waals surface area contributed by atoms with Crippen molar-refractivity contribution in [2.24, 2.45) is 0 Å². The van der Waals surface area contributed by atoms with Gasteiger partial charge >= 0.3 is 5.97 Å². The highest BCUT2D eigenvalue weighted by molar-refractivity contribution is 5.67. The number of benzene rings is 2. The van der Waals surface area contributed by atoms with Crippen LogP contribution < -0.4 is 10.2 Å². The topological polar surface area (TPSA) is 56.8 Å². The number of hydrogen-bond donors (Lipinski definition) is 1. The van der Waals surface area contributed by atoms with Crippen LogP contribution >= 0.6 is 0 Å². The van der Waals surface area contributed by atoms with E-state index < -0.39 is 5.97 Å². The van der Waals surface area contributed by atoms with E-state index in [1.807, 2.05) is 54.6 Å². The van der Waals surface area contributed by atoms with Crippen molar-refractivity contribution in [3.05, 3.63) is 72.1 Å². The number of esters is 1. The molecule has 0 aromatic heterocycles. The minimum absolute atomic E-state index is 0.305. The number of ether oxygens (including phenoxy) is 2. The van der Waals surface area contributed by atoms with Crippen LogP contribution in [-0.4, -0.2) is 5.97 Å². The fraction of sp³-hybridized carbons (Fsp3) is 0.118. The van der Waals surface area contributed by atoms with Crippen molar-refractivity contribution in [3.63, 3.8) is 0 Å². The van der Waals surface area contributed by atoms with E-state index >= 15 is 0 Å². The van der Waals surface area contributed by atoms with Gasteiger partial charge in [0.25, 0.3) is 0 Å². The summed E-state index contributed by atoms with van der Waals surface area (Å²) in [6.45, 7) is 1.34. The lowest BCUT2D eigenvalue weighted by molar-refractivity contribution is -0.139. The van der Waals surface area contributed by atoms with Crippen molar-refractivity contribution < 1.29 is 19.1 Å². The fourth-order valence-corrected chi connectivity index (χ4v) is 2.05. The molecular weight excluding hydrogens is 282 g/mol. The first-order chi connectivity index (χ1) is 10.7. The third-order valence-electron chi connectivity index (χ3n) is 3.03. The predicted octanol–water partition coefficient (Wildman–Crippen LogP) is 3.46. The van der Waals surface area contributed by atoms with Gasteiger partial charge in [-0.3, -0.25) is 9.63 Å². The highest BCUT2D eigenvalue weighted by Crippen LogP contribution is 2.27. The van der Waals surface area contributed by atoms with E-state index in [0.29, 0.717) is 5.88 Å². The number of rotatable bonds is 4. The quantitative estimate of drug-likeness (QED) is 0.876. The molecule has 0 spiro atoms. The monoisotopic (exact) mass is 297 g/mol. The first-order valence-corrected chi connectivity index (χ1v) is 6.85. The lowest BCUT2D eigenvalue weighted by Crippen LogP contribution is -2.12. The first kappa shape index (κ1) is 14.2. The van der Waals surface area contributed by atoms with Gasteiger partial charge in [-0.25, -0.2) is 5.48 Å². The van der Waals surface area contributed by atoms with Gasteiger partial charge in [-0.1, -0.05) is 30.3 Å². The Labute approximate surface area is 128 Å². The van der Waals surface area contributed by atoms with Crippen molar-refractivity contribution in [2.75, 3.05) is 0 Å². The smallest absolute Gasteiger partial charge is 0.309 e. The molecule has 2 aromatic carbocycles. The Morgan fingerprint density at radius 2 is 1.73 bits per heavy atom. The van der Waals surface area contributed by atoms with Crippen molar-refractivity contribution >= 4 is 5.97 Å². The Morgan fingerprint density at radius 3 is 2.41 bits per heavy atom. The fourth-order valence-electron chi connectivity index (χ4n) is 2.05. The summed E-state index contributed by atoms with van der Waals surface area (Å²) in [5.41, 5.74) is 3.50. The molecule has 3 rings (SSSR count). The van der Waals surface area contributed by atoms with Crippen molar-refractivity contribution in [3.8, 4) is 11.5 Å². The maximum absolute atomic E-state index is 10.9. The molecule has 0 saturated heterocycles. The summed E-state index contributed by atoms with van der Waals surface area (Å²) in [7, 11) is 0. The predicted molar refractivity (Wildman–Crippen MR) is 79.8 cm³/mol. The summed E-state index contributed by atoms with van der Waals surface area (Å²) in [5.74, 6) is 1.44. The van der Waals surface area contributed by atoms with E-state index in [4.69, 9.17) is 14.3 Å². The number of nitrogens with one attached hydrogen (secondary N) is 1. The van der Waals surface area contributed by atoms with Crippen LogP contribution in [-0.2, 0) is 14.4 Å². The van der Waals surface area contributed by atoms with Crippen LogP contribution in [0.3, 0.4) is 0 Å². The van der Waals surface area contributed by atoms with Gasteiger partial charge in [-0.2, -0.15) is 0 Å². The summed E-state index contributed by atoms with van der Waals surface area (Å²) in [4.78, 5) is 16.2. The number of carbonyl (C=O) groups is 1. The molecule has 0 radical (unpaired) electrons. The zero-order valence-corrected chi connectivity index (χ0v) is 12.0. The Hall–Kier alpha value is -2.79. The van der Waals surface area contributed by atoms with Crippen LogP contribution in [0.1, 0.15) is 18.6 Å². The number of hydrogen-bond acceptors (Lipinski definition) is 5. The third-order valence-corrected chi connectivity index (χ3v) is 3.03. The molecule has 1 atom stereocenters. The molecule has 0 fully saturated rings. The molecule has 112 valence electrons. The molecule has 1 aliphatic heterocycles. The molecule has 0 bridgehead atoms. The Bertz CT molecular complexity index is 680. The van der Waals surface area contributed by atoms with Gasteiger partial charge in [0.05, 0.1) is 0 Å². The highest BCUT2D eigenvalue weighted by atomic mass is 16.7. The summed E-state index contributed by atoms with van der Waals surface area (Å²) in [6.07, 6.45) is 1.40. The van der Waals surface area contributed by atoms with Gasteiger partial charge in [0, 0.05) is 13.0 Å². The Kier molecular flexibility index (Phi) is 4.07. The van der Waals surface area contributed by atoms with Crippen molar-refractivity contribution in [1.29, 1.82) is 0 Å². The van der Waals surface area contributed by atoms with E-state index in [1.165, 1.54) is 6.92 Å². The number of para-hydroxylation sites is 1. The SMILES string of the molecule is CC(=O)OC1=C[C@@H](c2ccc(Oc3ccccc3)cc2)ON1. The van der Waals surface area contributed by atoms with E-state index in [1.54, 1.807) is 6.08 Å². The van der Waals surface area contributed by atoms with Gasteiger partial charge in [0.1, 0.15) is 17.6 Å². The average Bonchev–Trinajstić information content (AvgIpc) is 2.97. The van der Waals surface area contributed by atoms with Gasteiger partial charge in [0.2, 0.25) is 5.88 Å².